The molecule has 16 heavy (non-hydrogen) atoms. The number of phenols is 1. The summed E-state index contributed by atoms with van der Waals surface area (Å²) in [6.07, 6.45) is 5.16. The van der Waals surface area contributed by atoms with E-state index in [0.29, 0.717) is 17.0 Å². The maximum Gasteiger partial charge on any atom is 0.134 e. The van der Waals surface area contributed by atoms with E-state index in [1.807, 2.05) is 6.07 Å². The second-order valence-electron chi connectivity index (χ2n) is 4.68. The predicted octanol–water partition coefficient (Wildman–Crippen LogP) is 4.04. The molecule has 1 fully saturated rings. The lowest BCUT2D eigenvalue weighted by molar-refractivity contribution is 0.349. The number of aromatic hydroxyl groups is 1. The number of halogens is 1. The molecule has 0 saturated heterocycles. The highest BCUT2D eigenvalue weighted by molar-refractivity contribution is 6.32. The zero-order valence-electron chi connectivity index (χ0n) is 9.54. The van der Waals surface area contributed by atoms with E-state index in [1.54, 1.807) is 12.1 Å². The van der Waals surface area contributed by atoms with Crippen LogP contribution < -0.4 is 5.32 Å². The minimum absolute atomic E-state index is 0.143. The molecular formula is C13H18ClNO. The molecule has 88 valence electrons. The van der Waals surface area contributed by atoms with Crippen molar-refractivity contribution in [2.24, 2.45) is 5.92 Å². The van der Waals surface area contributed by atoms with Gasteiger partial charge in [0, 0.05) is 11.7 Å². The molecule has 0 aliphatic heterocycles. The second-order valence-corrected chi connectivity index (χ2v) is 5.09. The van der Waals surface area contributed by atoms with E-state index in [4.69, 9.17) is 11.6 Å². The van der Waals surface area contributed by atoms with Crippen molar-refractivity contribution in [1.29, 1.82) is 0 Å². The van der Waals surface area contributed by atoms with E-state index in [1.165, 1.54) is 25.7 Å². The van der Waals surface area contributed by atoms with Crippen molar-refractivity contribution >= 4 is 17.3 Å². The quantitative estimate of drug-likeness (QED) is 0.764. The monoisotopic (exact) mass is 239 g/mol. The number of hydrogen-bond acceptors (Lipinski definition) is 2. The van der Waals surface area contributed by atoms with Crippen LogP contribution in [0.4, 0.5) is 5.69 Å². The Bertz CT molecular complexity index is 367. The van der Waals surface area contributed by atoms with Crippen LogP contribution in [0.25, 0.3) is 0 Å². The van der Waals surface area contributed by atoms with Gasteiger partial charge in [-0.25, -0.2) is 0 Å². The maximum atomic E-state index is 9.34. The van der Waals surface area contributed by atoms with E-state index in [2.05, 4.69) is 12.2 Å². The van der Waals surface area contributed by atoms with Gasteiger partial charge in [-0.15, -0.1) is 0 Å². The lowest BCUT2D eigenvalue weighted by atomic mass is 9.86. The van der Waals surface area contributed by atoms with Crippen molar-refractivity contribution in [2.75, 3.05) is 5.32 Å². The summed E-state index contributed by atoms with van der Waals surface area (Å²) in [5.41, 5.74) is 1.00. The number of anilines is 1. The Morgan fingerprint density at radius 3 is 2.75 bits per heavy atom. The zero-order chi connectivity index (χ0) is 11.5. The average Bonchev–Trinajstić information content (AvgIpc) is 2.27. The van der Waals surface area contributed by atoms with Gasteiger partial charge in [-0.3, -0.25) is 0 Å². The van der Waals surface area contributed by atoms with Gasteiger partial charge in [0.25, 0.3) is 0 Å². The van der Waals surface area contributed by atoms with Crippen LogP contribution in [0.15, 0.2) is 18.2 Å². The number of nitrogens with one attached hydrogen (secondary N) is 1. The molecule has 0 aromatic heterocycles. The van der Waals surface area contributed by atoms with Crippen LogP contribution in [-0.2, 0) is 0 Å². The molecule has 2 atom stereocenters. The Morgan fingerprint density at radius 2 is 2.06 bits per heavy atom. The number of hydrogen-bond donors (Lipinski definition) is 2. The van der Waals surface area contributed by atoms with Crippen molar-refractivity contribution in [3.05, 3.63) is 23.2 Å². The average molecular weight is 240 g/mol. The van der Waals surface area contributed by atoms with Crippen LogP contribution in [0.5, 0.6) is 5.75 Å². The largest absolute Gasteiger partial charge is 0.506 e. The summed E-state index contributed by atoms with van der Waals surface area (Å²) in [6.45, 7) is 2.29. The van der Waals surface area contributed by atoms with E-state index in [-0.39, 0.29) is 5.75 Å². The van der Waals surface area contributed by atoms with Crippen LogP contribution in [0, 0.1) is 5.92 Å². The van der Waals surface area contributed by atoms with Gasteiger partial charge >= 0.3 is 0 Å². The van der Waals surface area contributed by atoms with Crippen molar-refractivity contribution in [1.82, 2.24) is 0 Å². The third-order valence-electron chi connectivity index (χ3n) is 3.41. The maximum absolute atomic E-state index is 9.34. The van der Waals surface area contributed by atoms with Crippen molar-refractivity contribution in [3.8, 4) is 5.75 Å². The van der Waals surface area contributed by atoms with Gasteiger partial charge < -0.3 is 10.4 Å². The molecule has 2 rings (SSSR count). The summed E-state index contributed by atoms with van der Waals surface area (Å²) in [5.74, 6) is 0.852. The summed E-state index contributed by atoms with van der Waals surface area (Å²) >= 11 is 5.88. The molecule has 0 spiro atoms. The van der Waals surface area contributed by atoms with Gasteiger partial charge in [-0.1, -0.05) is 31.4 Å². The smallest absolute Gasteiger partial charge is 0.134 e. The molecule has 1 aliphatic carbocycles. The van der Waals surface area contributed by atoms with Gasteiger partial charge in [-0.05, 0) is 37.0 Å². The summed E-state index contributed by atoms with van der Waals surface area (Å²) in [4.78, 5) is 0. The molecule has 1 aliphatic rings. The first-order valence-electron chi connectivity index (χ1n) is 5.92. The van der Waals surface area contributed by atoms with E-state index < -0.39 is 0 Å². The lowest BCUT2D eigenvalue weighted by Crippen LogP contribution is -2.30. The third kappa shape index (κ3) is 2.62. The second kappa shape index (κ2) is 4.96. The Morgan fingerprint density at radius 1 is 1.31 bits per heavy atom. The molecule has 0 heterocycles. The minimum atomic E-state index is 0.143. The predicted molar refractivity (Wildman–Crippen MR) is 68.2 cm³/mol. The molecule has 3 heteroatoms. The first kappa shape index (κ1) is 11.6. The number of rotatable bonds is 2. The number of phenolic OH excluding ortho intramolecular Hbond substituents is 1. The van der Waals surface area contributed by atoms with Gasteiger partial charge in [0.15, 0.2) is 0 Å². The van der Waals surface area contributed by atoms with Crippen molar-refractivity contribution in [3.63, 3.8) is 0 Å². The molecule has 1 aromatic rings. The topological polar surface area (TPSA) is 32.3 Å². The fraction of sp³-hybridized carbons (Fsp3) is 0.538. The highest BCUT2D eigenvalue weighted by Gasteiger charge is 2.20. The molecule has 0 bridgehead atoms. The zero-order valence-corrected chi connectivity index (χ0v) is 10.3. The van der Waals surface area contributed by atoms with E-state index in [9.17, 15) is 5.11 Å². The molecule has 0 radical (unpaired) electrons. The summed E-state index contributed by atoms with van der Waals surface area (Å²) < 4.78 is 0. The van der Waals surface area contributed by atoms with E-state index >= 15 is 0 Å². The summed E-state index contributed by atoms with van der Waals surface area (Å²) in [7, 11) is 0. The molecule has 2 nitrogen and oxygen atoms in total. The Balaban J connectivity index is 2.05. The van der Waals surface area contributed by atoms with Crippen LogP contribution in [0.2, 0.25) is 5.02 Å². The fourth-order valence-corrected chi connectivity index (χ4v) is 2.52. The SMILES string of the molecule is CC1CCCCC1Nc1ccc(O)c(Cl)c1. The van der Waals surface area contributed by atoms with Crippen LogP contribution in [0.1, 0.15) is 32.6 Å². The first-order valence-corrected chi connectivity index (χ1v) is 6.29. The van der Waals surface area contributed by atoms with Gasteiger partial charge in [0.05, 0.1) is 5.02 Å². The van der Waals surface area contributed by atoms with Crippen LogP contribution >= 0.6 is 11.6 Å². The molecule has 1 saturated carbocycles. The summed E-state index contributed by atoms with van der Waals surface area (Å²) in [5, 5.41) is 13.3. The molecule has 1 aromatic carbocycles. The van der Waals surface area contributed by atoms with Crippen molar-refractivity contribution < 1.29 is 5.11 Å². The van der Waals surface area contributed by atoms with Crippen LogP contribution in [-0.4, -0.2) is 11.1 Å². The summed E-state index contributed by atoms with van der Waals surface area (Å²) in [6, 6.07) is 5.84. The fourth-order valence-electron chi connectivity index (χ4n) is 2.34. The Kier molecular flexibility index (Phi) is 3.59. The normalized spacial score (nSPS) is 25.4. The molecule has 0 amide bonds. The van der Waals surface area contributed by atoms with Gasteiger partial charge in [-0.2, -0.15) is 0 Å². The lowest BCUT2D eigenvalue weighted by Gasteiger charge is -2.30. The Labute approximate surface area is 102 Å². The molecule has 2 unspecified atom stereocenters. The van der Waals surface area contributed by atoms with Crippen molar-refractivity contribution in [2.45, 2.75) is 38.6 Å². The third-order valence-corrected chi connectivity index (χ3v) is 3.71. The number of benzene rings is 1. The standard InChI is InChI=1S/C13H18ClNO/c1-9-4-2-3-5-12(9)15-10-6-7-13(16)11(14)8-10/h6-9,12,15-16H,2-5H2,1H3. The van der Waals surface area contributed by atoms with Gasteiger partial charge in [0.1, 0.15) is 5.75 Å². The first-order chi connectivity index (χ1) is 7.66. The highest BCUT2D eigenvalue weighted by atomic mass is 35.5. The Hall–Kier alpha value is -0.890. The van der Waals surface area contributed by atoms with E-state index in [0.717, 1.165) is 5.69 Å². The minimum Gasteiger partial charge on any atom is -0.506 e. The van der Waals surface area contributed by atoms with Crippen LogP contribution in [0.3, 0.4) is 0 Å². The van der Waals surface area contributed by atoms with Gasteiger partial charge in [0.2, 0.25) is 0 Å². The molecular weight excluding hydrogens is 222 g/mol. The molecule has 2 N–H and O–H groups in total. The highest BCUT2D eigenvalue weighted by Crippen LogP contribution is 2.30.